The van der Waals surface area contributed by atoms with Gasteiger partial charge in [-0.15, -0.1) is 0 Å². The van der Waals surface area contributed by atoms with Gasteiger partial charge < -0.3 is 10.1 Å². The fourth-order valence-electron chi connectivity index (χ4n) is 2.94. The van der Waals surface area contributed by atoms with Crippen LogP contribution in [0.4, 0.5) is 10.1 Å². The number of benzene rings is 2. The van der Waals surface area contributed by atoms with Crippen molar-refractivity contribution in [1.82, 2.24) is 5.32 Å². The van der Waals surface area contributed by atoms with Gasteiger partial charge in [0.05, 0.1) is 18.5 Å². The Labute approximate surface area is 178 Å². The van der Waals surface area contributed by atoms with Crippen molar-refractivity contribution in [3.63, 3.8) is 0 Å². The number of nitrogens with one attached hydrogen (secondary N) is 1. The Balaban J connectivity index is 1.93. The first-order chi connectivity index (χ1) is 13.9. The molecule has 1 atom stereocenters. The molecule has 0 aliphatic rings. The van der Waals surface area contributed by atoms with Gasteiger partial charge in [-0.2, -0.15) is 0 Å². The fourth-order valence-corrected chi connectivity index (χ4v) is 4.11. The van der Waals surface area contributed by atoms with Gasteiger partial charge in [-0.1, -0.05) is 32.9 Å². The summed E-state index contributed by atoms with van der Waals surface area (Å²) < 4.78 is 44.2. The van der Waals surface area contributed by atoms with Crippen LogP contribution < -0.4 is 14.4 Å². The summed E-state index contributed by atoms with van der Waals surface area (Å²) in [6.07, 6.45) is 1.00. The second-order valence-electron chi connectivity index (χ2n) is 8.13. The van der Waals surface area contributed by atoms with Gasteiger partial charge in [0, 0.05) is 0 Å². The van der Waals surface area contributed by atoms with E-state index in [1.807, 2.05) is 24.3 Å². The number of anilines is 1. The molecule has 8 heteroatoms. The Morgan fingerprint density at radius 3 is 2.17 bits per heavy atom. The number of amides is 1. The monoisotopic (exact) mass is 436 g/mol. The van der Waals surface area contributed by atoms with Crippen molar-refractivity contribution in [2.45, 2.75) is 39.2 Å². The summed E-state index contributed by atoms with van der Waals surface area (Å²) in [4.78, 5) is 12.5. The zero-order chi connectivity index (χ0) is 22.5. The van der Waals surface area contributed by atoms with Gasteiger partial charge >= 0.3 is 0 Å². The smallest absolute Gasteiger partial charge is 0.243 e. The molecule has 0 fully saturated rings. The van der Waals surface area contributed by atoms with Crippen LogP contribution in [0.2, 0.25) is 0 Å². The van der Waals surface area contributed by atoms with E-state index >= 15 is 0 Å². The van der Waals surface area contributed by atoms with E-state index in [4.69, 9.17) is 4.74 Å². The van der Waals surface area contributed by atoms with Crippen LogP contribution in [0.1, 0.15) is 33.3 Å². The number of rotatable bonds is 8. The lowest BCUT2D eigenvalue weighted by Gasteiger charge is -2.28. The molecule has 0 radical (unpaired) electrons. The van der Waals surface area contributed by atoms with Crippen LogP contribution in [0.3, 0.4) is 0 Å². The summed E-state index contributed by atoms with van der Waals surface area (Å²) in [5, 5.41) is 2.68. The Hall–Kier alpha value is -2.61. The third-order valence-electron chi connectivity index (χ3n) is 4.56. The number of halogens is 1. The van der Waals surface area contributed by atoms with Crippen molar-refractivity contribution >= 4 is 21.6 Å². The maximum Gasteiger partial charge on any atom is 0.243 e. The summed E-state index contributed by atoms with van der Waals surface area (Å²) >= 11 is 0. The van der Waals surface area contributed by atoms with E-state index in [1.165, 1.54) is 24.6 Å². The molecule has 1 N–H and O–H groups in total. The molecule has 0 saturated carbocycles. The summed E-state index contributed by atoms with van der Waals surface area (Å²) in [5.41, 5.74) is 1.47. The lowest BCUT2D eigenvalue weighted by Crippen LogP contribution is -2.48. The largest absolute Gasteiger partial charge is 0.492 e. The van der Waals surface area contributed by atoms with Gasteiger partial charge in [0.15, 0.2) is 0 Å². The SMILES string of the molecule is CC(C(=O)NCCOc1ccc(C(C)(C)C)cc1)N(c1ccc(F)cc1)S(C)(=O)=O. The third-order valence-corrected chi connectivity index (χ3v) is 5.80. The Kier molecular flexibility index (Phi) is 7.47. The molecule has 6 nitrogen and oxygen atoms in total. The van der Waals surface area contributed by atoms with Gasteiger partial charge in [0.1, 0.15) is 24.2 Å². The van der Waals surface area contributed by atoms with Gasteiger partial charge in [-0.3, -0.25) is 9.10 Å². The van der Waals surface area contributed by atoms with Crippen LogP contribution in [0.15, 0.2) is 48.5 Å². The molecule has 0 bridgehead atoms. The molecule has 0 spiro atoms. The number of hydrogen-bond donors (Lipinski definition) is 1. The second kappa shape index (κ2) is 9.47. The molecule has 0 aliphatic carbocycles. The fraction of sp³-hybridized carbons (Fsp3) is 0.409. The van der Waals surface area contributed by atoms with Crippen molar-refractivity contribution in [2.75, 3.05) is 23.7 Å². The number of ether oxygens (including phenoxy) is 1. The Bertz CT molecular complexity index is 952. The number of nitrogens with zero attached hydrogens (tertiary/aromatic N) is 1. The van der Waals surface area contributed by atoms with Crippen LogP contribution in [0, 0.1) is 5.82 Å². The van der Waals surface area contributed by atoms with E-state index in [-0.39, 0.29) is 24.3 Å². The minimum atomic E-state index is -3.75. The minimum absolute atomic E-state index is 0.0542. The third kappa shape index (κ3) is 6.45. The number of hydrogen-bond acceptors (Lipinski definition) is 4. The molecule has 0 aliphatic heterocycles. The van der Waals surface area contributed by atoms with Gasteiger partial charge in [-0.05, 0) is 54.3 Å². The number of carbonyl (C=O) groups is 1. The predicted octanol–water partition coefficient (Wildman–Crippen LogP) is 3.47. The van der Waals surface area contributed by atoms with Crippen LogP contribution in [-0.2, 0) is 20.2 Å². The highest BCUT2D eigenvalue weighted by molar-refractivity contribution is 7.92. The van der Waals surface area contributed by atoms with Gasteiger partial charge in [0.2, 0.25) is 15.9 Å². The van der Waals surface area contributed by atoms with E-state index in [1.54, 1.807) is 0 Å². The lowest BCUT2D eigenvalue weighted by molar-refractivity contribution is -0.121. The summed E-state index contributed by atoms with van der Waals surface area (Å²) in [6, 6.07) is 11.7. The summed E-state index contributed by atoms with van der Waals surface area (Å²) in [5.74, 6) is -0.275. The van der Waals surface area contributed by atoms with Crippen molar-refractivity contribution in [3.8, 4) is 5.75 Å². The Morgan fingerprint density at radius 1 is 1.10 bits per heavy atom. The molecular formula is C22H29FN2O4S. The van der Waals surface area contributed by atoms with Crippen molar-refractivity contribution in [3.05, 3.63) is 59.9 Å². The number of carbonyl (C=O) groups excluding carboxylic acids is 1. The standard InChI is InChI=1S/C22H29FN2O4S/c1-16(25(30(5,27)28)19-10-8-18(23)9-11-19)21(26)24-14-15-29-20-12-6-17(7-13-20)22(2,3)4/h6-13,16H,14-15H2,1-5H3,(H,24,26). The molecule has 1 unspecified atom stereocenters. The first kappa shape index (κ1) is 23.7. The van der Waals surface area contributed by atoms with E-state index in [0.29, 0.717) is 5.75 Å². The number of sulfonamides is 1. The van der Waals surface area contributed by atoms with Crippen molar-refractivity contribution in [1.29, 1.82) is 0 Å². The lowest BCUT2D eigenvalue weighted by atomic mass is 9.87. The zero-order valence-corrected chi connectivity index (χ0v) is 18.8. The summed E-state index contributed by atoms with van der Waals surface area (Å²) in [6.45, 7) is 8.32. The minimum Gasteiger partial charge on any atom is -0.492 e. The predicted molar refractivity (Wildman–Crippen MR) is 117 cm³/mol. The highest BCUT2D eigenvalue weighted by Gasteiger charge is 2.28. The van der Waals surface area contributed by atoms with Crippen LogP contribution in [0.5, 0.6) is 5.75 Å². The molecule has 2 aromatic rings. The average Bonchev–Trinajstić information content (AvgIpc) is 2.65. The maximum absolute atomic E-state index is 13.2. The van der Waals surface area contributed by atoms with E-state index in [9.17, 15) is 17.6 Å². The van der Waals surface area contributed by atoms with Crippen LogP contribution in [-0.4, -0.2) is 39.8 Å². The van der Waals surface area contributed by atoms with Crippen molar-refractivity contribution < 1.29 is 22.3 Å². The van der Waals surface area contributed by atoms with Crippen molar-refractivity contribution in [2.24, 2.45) is 0 Å². The topological polar surface area (TPSA) is 75.7 Å². The molecular weight excluding hydrogens is 407 g/mol. The molecule has 2 aromatic carbocycles. The highest BCUT2D eigenvalue weighted by Crippen LogP contribution is 2.24. The second-order valence-corrected chi connectivity index (χ2v) is 9.98. The molecule has 0 heterocycles. The average molecular weight is 437 g/mol. The quantitative estimate of drug-likeness (QED) is 0.643. The molecule has 0 aromatic heterocycles. The van der Waals surface area contributed by atoms with E-state index in [2.05, 4.69) is 26.1 Å². The van der Waals surface area contributed by atoms with E-state index in [0.717, 1.165) is 22.7 Å². The molecule has 30 heavy (non-hydrogen) atoms. The molecule has 164 valence electrons. The molecule has 2 rings (SSSR count). The first-order valence-electron chi connectivity index (χ1n) is 9.65. The first-order valence-corrected chi connectivity index (χ1v) is 11.5. The van der Waals surface area contributed by atoms with Crippen LogP contribution in [0.25, 0.3) is 0 Å². The van der Waals surface area contributed by atoms with Gasteiger partial charge in [0.25, 0.3) is 0 Å². The molecule has 1 amide bonds. The summed E-state index contributed by atoms with van der Waals surface area (Å²) in [7, 11) is -3.75. The molecule has 0 saturated heterocycles. The van der Waals surface area contributed by atoms with Gasteiger partial charge in [-0.25, -0.2) is 12.8 Å². The van der Waals surface area contributed by atoms with Crippen LogP contribution >= 0.6 is 0 Å². The van der Waals surface area contributed by atoms with E-state index < -0.39 is 27.8 Å². The zero-order valence-electron chi connectivity index (χ0n) is 18.0. The highest BCUT2D eigenvalue weighted by atomic mass is 32.2. The Morgan fingerprint density at radius 2 is 1.67 bits per heavy atom. The maximum atomic E-state index is 13.2. The normalized spacial score (nSPS) is 12.9.